The summed E-state index contributed by atoms with van der Waals surface area (Å²) in [6, 6.07) is 5.30. The molecule has 0 aliphatic rings. The summed E-state index contributed by atoms with van der Waals surface area (Å²) in [7, 11) is -3.84. The second-order valence-electron chi connectivity index (χ2n) is 4.88. The lowest BCUT2D eigenvalue weighted by Gasteiger charge is -2.14. The quantitative estimate of drug-likeness (QED) is 0.870. The van der Waals surface area contributed by atoms with E-state index in [4.69, 9.17) is 4.42 Å². The van der Waals surface area contributed by atoms with Gasteiger partial charge in [-0.2, -0.15) is 0 Å². The third-order valence-corrected chi connectivity index (χ3v) is 4.45. The second kappa shape index (κ2) is 6.63. The molecule has 5 nitrogen and oxygen atoms in total. The molecular formula is C14H14F3NO4S. The van der Waals surface area contributed by atoms with Gasteiger partial charge in [0.25, 0.3) is 0 Å². The number of furan rings is 1. The van der Waals surface area contributed by atoms with E-state index in [2.05, 4.69) is 9.46 Å². The Balaban J connectivity index is 2.04. The molecule has 0 saturated carbocycles. The van der Waals surface area contributed by atoms with Gasteiger partial charge in [0.1, 0.15) is 5.75 Å². The van der Waals surface area contributed by atoms with Crippen molar-refractivity contribution in [2.75, 3.05) is 0 Å². The zero-order chi connectivity index (χ0) is 17.1. The lowest BCUT2D eigenvalue weighted by molar-refractivity contribution is -0.274. The zero-order valence-corrected chi connectivity index (χ0v) is 12.8. The molecule has 1 atom stereocenters. The Morgan fingerprint density at radius 3 is 2.39 bits per heavy atom. The van der Waals surface area contributed by atoms with Gasteiger partial charge in [-0.15, -0.1) is 13.2 Å². The van der Waals surface area contributed by atoms with Crippen molar-refractivity contribution in [3.63, 3.8) is 0 Å². The summed E-state index contributed by atoms with van der Waals surface area (Å²) >= 11 is 0. The van der Waals surface area contributed by atoms with Crippen LogP contribution in [0.1, 0.15) is 12.5 Å². The number of sulfonamides is 1. The van der Waals surface area contributed by atoms with Crippen LogP contribution in [0.5, 0.6) is 5.75 Å². The predicted molar refractivity (Wildman–Crippen MR) is 75.3 cm³/mol. The fourth-order valence-corrected chi connectivity index (χ4v) is 3.20. The van der Waals surface area contributed by atoms with Gasteiger partial charge in [-0.05, 0) is 49.2 Å². The highest BCUT2D eigenvalue weighted by atomic mass is 32.2. The van der Waals surface area contributed by atoms with Gasteiger partial charge < -0.3 is 9.15 Å². The predicted octanol–water partition coefficient (Wildman–Crippen LogP) is 3.09. The van der Waals surface area contributed by atoms with E-state index in [0.717, 1.165) is 29.8 Å². The van der Waals surface area contributed by atoms with Crippen molar-refractivity contribution in [2.24, 2.45) is 0 Å². The van der Waals surface area contributed by atoms with Crippen LogP contribution in [-0.4, -0.2) is 20.8 Å². The molecule has 23 heavy (non-hydrogen) atoms. The van der Waals surface area contributed by atoms with Crippen LogP contribution >= 0.6 is 0 Å². The number of nitrogens with one attached hydrogen (secondary N) is 1. The topological polar surface area (TPSA) is 68.5 Å². The Kier molecular flexibility index (Phi) is 5.00. The summed E-state index contributed by atoms with van der Waals surface area (Å²) in [5, 5.41) is 0. The van der Waals surface area contributed by atoms with E-state index in [0.29, 0.717) is 6.42 Å². The van der Waals surface area contributed by atoms with Crippen molar-refractivity contribution in [3.8, 4) is 5.75 Å². The van der Waals surface area contributed by atoms with E-state index in [1.807, 2.05) is 0 Å². The molecule has 126 valence electrons. The first kappa shape index (κ1) is 17.4. The van der Waals surface area contributed by atoms with Gasteiger partial charge in [0.2, 0.25) is 10.0 Å². The summed E-state index contributed by atoms with van der Waals surface area (Å²) in [5.41, 5.74) is 0.828. The molecule has 9 heteroatoms. The van der Waals surface area contributed by atoms with Crippen molar-refractivity contribution in [1.29, 1.82) is 0 Å². The van der Waals surface area contributed by atoms with E-state index in [-0.39, 0.29) is 4.90 Å². The molecule has 0 aliphatic carbocycles. The summed E-state index contributed by atoms with van der Waals surface area (Å²) in [6.07, 6.45) is -1.41. The van der Waals surface area contributed by atoms with Crippen molar-refractivity contribution >= 4 is 10.0 Å². The van der Waals surface area contributed by atoms with Crippen LogP contribution in [0, 0.1) is 0 Å². The van der Waals surface area contributed by atoms with E-state index in [1.165, 1.54) is 12.5 Å². The van der Waals surface area contributed by atoms with Gasteiger partial charge in [-0.25, -0.2) is 13.1 Å². The Bertz CT molecular complexity index is 724. The lowest BCUT2D eigenvalue weighted by Crippen LogP contribution is -2.34. The Labute approximate surface area is 131 Å². The number of halogens is 3. The molecule has 0 radical (unpaired) electrons. The van der Waals surface area contributed by atoms with Crippen LogP contribution in [0.2, 0.25) is 0 Å². The fourth-order valence-electron chi connectivity index (χ4n) is 1.96. The highest BCUT2D eigenvalue weighted by Gasteiger charge is 2.31. The maximum absolute atomic E-state index is 12.2. The third-order valence-electron chi connectivity index (χ3n) is 2.85. The first-order valence-corrected chi connectivity index (χ1v) is 8.03. The van der Waals surface area contributed by atoms with Gasteiger partial charge in [0.05, 0.1) is 17.4 Å². The Hall–Kier alpha value is -2.00. The van der Waals surface area contributed by atoms with Crippen molar-refractivity contribution in [3.05, 3.63) is 48.4 Å². The van der Waals surface area contributed by atoms with E-state index < -0.39 is 28.2 Å². The minimum Gasteiger partial charge on any atom is -0.472 e. The number of ether oxygens (including phenoxy) is 1. The molecule has 0 saturated heterocycles. The van der Waals surface area contributed by atoms with Crippen LogP contribution in [0.3, 0.4) is 0 Å². The largest absolute Gasteiger partial charge is 0.573 e. The van der Waals surface area contributed by atoms with E-state index in [1.54, 1.807) is 13.0 Å². The molecule has 1 N–H and O–H groups in total. The molecule has 1 aromatic carbocycles. The Morgan fingerprint density at radius 1 is 1.22 bits per heavy atom. The maximum atomic E-state index is 12.2. The van der Waals surface area contributed by atoms with Crippen LogP contribution < -0.4 is 9.46 Å². The number of benzene rings is 1. The fraction of sp³-hybridized carbons (Fsp3) is 0.286. The van der Waals surface area contributed by atoms with Crippen molar-refractivity contribution in [1.82, 2.24) is 4.72 Å². The highest BCUT2D eigenvalue weighted by Crippen LogP contribution is 2.24. The summed E-state index contributed by atoms with van der Waals surface area (Å²) in [4.78, 5) is -0.147. The van der Waals surface area contributed by atoms with Crippen LogP contribution in [-0.2, 0) is 16.4 Å². The lowest BCUT2D eigenvalue weighted by atomic mass is 10.1. The normalized spacial score (nSPS) is 13.7. The molecule has 2 aromatic rings. The molecule has 0 fully saturated rings. The average molecular weight is 349 g/mol. The monoisotopic (exact) mass is 349 g/mol. The van der Waals surface area contributed by atoms with Crippen LogP contribution in [0.4, 0.5) is 13.2 Å². The number of hydrogen-bond donors (Lipinski definition) is 1. The molecule has 0 aliphatic heterocycles. The molecule has 1 aromatic heterocycles. The van der Waals surface area contributed by atoms with Gasteiger partial charge in [0.15, 0.2) is 0 Å². The smallest absolute Gasteiger partial charge is 0.472 e. The first-order chi connectivity index (χ1) is 10.7. The zero-order valence-electron chi connectivity index (χ0n) is 12.0. The average Bonchev–Trinajstić information content (AvgIpc) is 2.89. The highest BCUT2D eigenvalue weighted by molar-refractivity contribution is 7.89. The van der Waals surface area contributed by atoms with Gasteiger partial charge in [-0.1, -0.05) is 0 Å². The first-order valence-electron chi connectivity index (χ1n) is 6.55. The molecule has 0 bridgehead atoms. The number of rotatable bonds is 6. The molecule has 2 rings (SSSR count). The second-order valence-corrected chi connectivity index (χ2v) is 6.59. The van der Waals surface area contributed by atoms with Crippen molar-refractivity contribution < 1.29 is 30.7 Å². The van der Waals surface area contributed by atoms with E-state index >= 15 is 0 Å². The summed E-state index contributed by atoms with van der Waals surface area (Å²) in [6.45, 7) is 1.67. The molecular weight excluding hydrogens is 335 g/mol. The van der Waals surface area contributed by atoms with Crippen LogP contribution in [0.15, 0.2) is 52.2 Å². The summed E-state index contributed by atoms with van der Waals surface area (Å²) in [5.74, 6) is -0.483. The van der Waals surface area contributed by atoms with E-state index in [9.17, 15) is 21.6 Å². The summed E-state index contributed by atoms with van der Waals surface area (Å²) < 4.78 is 71.6. The minimum atomic E-state index is -4.82. The molecule has 0 spiro atoms. The van der Waals surface area contributed by atoms with Gasteiger partial charge >= 0.3 is 6.36 Å². The standard InChI is InChI=1S/C14H14F3NO4S/c1-10(8-11-6-7-21-9-11)18-23(19,20)13-4-2-12(3-5-13)22-14(15,16)17/h2-7,9-10,18H,8H2,1H3. The van der Waals surface area contributed by atoms with Crippen molar-refractivity contribution in [2.45, 2.75) is 30.6 Å². The Morgan fingerprint density at radius 2 is 1.87 bits per heavy atom. The minimum absolute atomic E-state index is 0.147. The van der Waals surface area contributed by atoms with Gasteiger partial charge in [-0.3, -0.25) is 0 Å². The number of alkyl halides is 3. The molecule has 1 heterocycles. The molecule has 1 unspecified atom stereocenters. The number of hydrogen-bond acceptors (Lipinski definition) is 4. The van der Waals surface area contributed by atoms with Gasteiger partial charge in [0, 0.05) is 6.04 Å². The third kappa shape index (κ3) is 5.29. The SMILES string of the molecule is CC(Cc1ccoc1)NS(=O)(=O)c1ccc(OC(F)(F)F)cc1. The molecule has 0 amide bonds. The van der Waals surface area contributed by atoms with Crippen LogP contribution in [0.25, 0.3) is 0 Å². The maximum Gasteiger partial charge on any atom is 0.573 e.